The summed E-state index contributed by atoms with van der Waals surface area (Å²) in [6.45, 7) is 0. The topological polar surface area (TPSA) is 90.0 Å². The molecule has 1 aromatic heterocycles. The van der Waals surface area contributed by atoms with E-state index in [0.717, 1.165) is 28.6 Å². The summed E-state index contributed by atoms with van der Waals surface area (Å²) in [6, 6.07) is 9.76. The van der Waals surface area contributed by atoms with Gasteiger partial charge in [0.15, 0.2) is 16.8 Å². The average molecular weight is 362 g/mol. The number of nitrogens with zero attached hydrogens (tertiary/aromatic N) is 2. The van der Waals surface area contributed by atoms with Crippen molar-refractivity contribution >= 4 is 34.3 Å². The second kappa shape index (κ2) is 6.89. The highest BCUT2D eigenvalue weighted by molar-refractivity contribution is 7.99. The lowest BCUT2D eigenvalue weighted by Crippen LogP contribution is -2.30. The standard InChI is InChI=1S/C16H12F2N4O2S/c17-11-6-5-9(7-12(11)18)20-14(23)8-25-16-21-13-4-2-1-3-10(13)15(24)22(16)19/h1-7H,8,19H2,(H,20,23). The van der Waals surface area contributed by atoms with E-state index in [-0.39, 0.29) is 16.6 Å². The molecule has 25 heavy (non-hydrogen) atoms. The Morgan fingerprint density at radius 3 is 2.72 bits per heavy atom. The number of nitrogen functional groups attached to an aromatic ring is 1. The van der Waals surface area contributed by atoms with Gasteiger partial charge in [-0.2, -0.15) is 0 Å². The number of hydrogen-bond acceptors (Lipinski definition) is 5. The molecule has 3 N–H and O–H groups in total. The molecule has 1 amide bonds. The predicted octanol–water partition coefficient (Wildman–Crippen LogP) is 2.12. The van der Waals surface area contributed by atoms with E-state index in [9.17, 15) is 18.4 Å². The van der Waals surface area contributed by atoms with E-state index in [1.54, 1.807) is 24.3 Å². The van der Waals surface area contributed by atoms with Gasteiger partial charge in [0.25, 0.3) is 5.56 Å². The van der Waals surface area contributed by atoms with Crippen LogP contribution in [0.4, 0.5) is 14.5 Å². The molecule has 0 aliphatic heterocycles. The maximum absolute atomic E-state index is 13.1. The van der Waals surface area contributed by atoms with Crippen molar-refractivity contribution in [3.63, 3.8) is 0 Å². The summed E-state index contributed by atoms with van der Waals surface area (Å²) in [4.78, 5) is 28.4. The van der Waals surface area contributed by atoms with Gasteiger partial charge in [-0.1, -0.05) is 23.9 Å². The van der Waals surface area contributed by atoms with Crippen molar-refractivity contribution in [3.05, 3.63) is 64.5 Å². The lowest BCUT2D eigenvalue weighted by Gasteiger charge is -2.09. The lowest BCUT2D eigenvalue weighted by atomic mass is 10.2. The van der Waals surface area contributed by atoms with E-state index in [1.807, 2.05) is 0 Å². The van der Waals surface area contributed by atoms with Crippen molar-refractivity contribution < 1.29 is 13.6 Å². The molecule has 9 heteroatoms. The maximum atomic E-state index is 13.1. The summed E-state index contributed by atoms with van der Waals surface area (Å²) in [5.74, 6) is 3.08. The summed E-state index contributed by atoms with van der Waals surface area (Å²) >= 11 is 0.958. The number of nitrogens with two attached hydrogens (primary N) is 1. The lowest BCUT2D eigenvalue weighted by molar-refractivity contribution is -0.113. The molecular formula is C16H12F2N4O2S. The van der Waals surface area contributed by atoms with Gasteiger partial charge in [0.05, 0.1) is 16.7 Å². The summed E-state index contributed by atoms with van der Waals surface area (Å²) in [7, 11) is 0. The van der Waals surface area contributed by atoms with Gasteiger partial charge in [-0.05, 0) is 24.3 Å². The predicted molar refractivity (Wildman–Crippen MR) is 91.9 cm³/mol. The van der Waals surface area contributed by atoms with E-state index >= 15 is 0 Å². The number of anilines is 1. The minimum Gasteiger partial charge on any atom is -0.334 e. The van der Waals surface area contributed by atoms with Crippen LogP contribution in [0.5, 0.6) is 0 Å². The van der Waals surface area contributed by atoms with Gasteiger partial charge < -0.3 is 11.2 Å². The van der Waals surface area contributed by atoms with E-state index in [0.29, 0.717) is 10.9 Å². The Hall–Kier alpha value is -2.94. The third-order valence-electron chi connectivity index (χ3n) is 3.31. The van der Waals surface area contributed by atoms with Crippen LogP contribution in [0.25, 0.3) is 10.9 Å². The summed E-state index contributed by atoms with van der Waals surface area (Å²) in [6.07, 6.45) is 0. The van der Waals surface area contributed by atoms with Gasteiger partial charge in [0.1, 0.15) is 0 Å². The number of halogens is 2. The second-order valence-electron chi connectivity index (χ2n) is 5.05. The third-order valence-corrected chi connectivity index (χ3v) is 4.26. The van der Waals surface area contributed by atoms with Crippen LogP contribution in [-0.2, 0) is 4.79 Å². The number of hydrogen-bond donors (Lipinski definition) is 2. The van der Waals surface area contributed by atoms with Crippen LogP contribution < -0.4 is 16.7 Å². The van der Waals surface area contributed by atoms with Crippen LogP contribution in [0.15, 0.2) is 52.4 Å². The fraction of sp³-hybridized carbons (Fsp3) is 0.0625. The average Bonchev–Trinajstić information content (AvgIpc) is 2.60. The molecule has 2 aromatic carbocycles. The SMILES string of the molecule is Nn1c(SCC(=O)Nc2ccc(F)c(F)c2)nc2ccccc2c1=O. The van der Waals surface area contributed by atoms with Crippen molar-refractivity contribution in [1.29, 1.82) is 0 Å². The minimum atomic E-state index is -1.06. The van der Waals surface area contributed by atoms with Gasteiger partial charge in [0.2, 0.25) is 5.91 Å². The Morgan fingerprint density at radius 2 is 1.96 bits per heavy atom. The molecule has 0 unspecified atom stereocenters. The van der Waals surface area contributed by atoms with Gasteiger partial charge in [-0.15, -0.1) is 0 Å². The molecule has 0 fully saturated rings. The number of carbonyl (C=O) groups is 1. The Bertz CT molecular complexity index is 1020. The van der Waals surface area contributed by atoms with Crippen LogP contribution in [0.2, 0.25) is 0 Å². The maximum Gasteiger partial charge on any atom is 0.280 e. The molecule has 0 saturated heterocycles. The number of amides is 1. The number of para-hydroxylation sites is 1. The molecule has 3 rings (SSSR count). The van der Waals surface area contributed by atoms with Gasteiger partial charge in [0, 0.05) is 11.8 Å². The second-order valence-corrected chi connectivity index (χ2v) is 5.99. The van der Waals surface area contributed by atoms with Crippen LogP contribution in [0.3, 0.4) is 0 Å². The highest BCUT2D eigenvalue weighted by atomic mass is 32.2. The van der Waals surface area contributed by atoms with Crippen molar-refractivity contribution in [2.24, 2.45) is 0 Å². The largest absolute Gasteiger partial charge is 0.334 e. The molecule has 0 aliphatic rings. The zero-order valence-electron chi connectivity index (χ0n) is 12.7. The van der Waals surface area contributed by atoms with Crippen molar-refractivity contribution in [2.75, 3.05) is 16.9 Å². The highest BCUT2D eigenvalue weighted by Gasteiger charge is 2.12. The molecule has 6 nitrogen and oxygen atoms in total. The fourth-order valence-electron chi connectivity index (χ4n) is 2.13. The van der Waals surface area contributed by atoms with Crippen molar-refractivity contribution in [3.8, 4) is 0 Å². The zero-order chi connectivity index (χ0) is 18.0. The Morgan fingerprint density at radius 1 is 1.20 bits per heavy atom. The first-order valence-electron chi connectivity index (χ1n) is 7.10. The van der Waals surface area contributed by atoms with Crippen molar-refractivity contribution in [2.45, 2.75) is 5.16 Å². The molecule has 0 spiro atoms. The van der Waals surface area contributed by atoms with E-state index in [4.69, 9.17) is 5.84 Å². The Labute approximate surface area is 144 Å². The van der Waals surface area contributed by atoms with E-state index in [1.165, 1.54) is 6.07 Å². The summed E-state index contributed by atoms with van der Waals surface area (Å²) in [5, 5.41) is 2.98. The third kappa shape index (κ3) is 3.61. The first-order valence-corrected chi connectivity index (χ1v) is 8.09. The van der Waals surface area contributed by atoms with Gasteiger partial charge >= 0.3 is 0 Å². The number of benzene rings is 2. The van der Waals surface area contributed by atoms with Crippen LogP contribution in [-0.4, -0.2) is 21.3 Å². The molecule has 128 valence electrons. The van der Waals surface area contributed by atoms with Gasteiger partial charge in [-0.3, -0.25) is 9.59 Å². The van der Waals surface area contributed by atoms with Crippen molar-refractivity contribution in [1.82, 2.24) is 9.66 Å². The molecule has 0 atom stereocenters. The van der Waals surface area contributed by atoms with Crippen LogP contribution >= 0.6 is 11.8 Å². The molecular weight excluding hydrogens is 350 g/mol. The molecule has 0 radical (unpaired) electrons. The molecule has 0 bridgehead atoms. The minimum absolute atomic E-state index is 0.110. The van der Waals surface area contributed by atoms with Crippen LogP contribution in [0, 0.1) is 11.6 Å². The first kappa shape index (κ1) is 16.9. The normalized spacial score (nSPS) is 10.8. The summed E-state index contributed by atoms with van der Waals surface area (Å²) < 4.78 is 26.9. The highest BCUT2D eigenvalue weighted by Crippen LogP contribution is 2.17. The fourth-order valence-corrected chi connectivity index (χ4v) is 2.85. The number of carbonyl (C=O) groups excluding carboxylic acids is 1. The van der Waals surface area contributed by atoms with E-state index in [2.05, 4.69) is 10.3 Å². The molecule has 1 heterocycles. The number of thioether (sulfide) groups is 1. The summed E-state index contributed by atoms with van der Waals surface area (Å²) in [5.41, 5.74) is 0.174. The first-order chi connectivity index (χ1) is 12.0. The molecule has 0 aliphatic carbocycles. The number of nitrogens with one attached hydrogen (secondary N) is 1. The smallest absolute Gasteiger partial charge is 0.280 e. The number of aromatic nitrogens is 2. The monoisotopic (exact) mass is 362 g/mol. The zero-order valence-corrected chi connectivity index (χ0v) is 13.5. The van der Waals surface area contributed by atoms with Gasteiger partial charge in [-0.25, -0.2) is 18.4 Å². The molecule has 0 saturated carbocycles. The number of rotatable bonds is 4. The quantitative estimate of drug-likeness (QED) is 0.422. The Kier molecular flexibility index (Phi) is 4.66. The number of fused-ring (bicyclic) bond motifs is 1. The van der Waals surface area contributed by atoms with E-state index < -0.39 is 23.1 Å². The van der Waals surface area contributed by atoms with Crippen LogP contribution in [0.1, 0.15) is 0 Å². The Balaban J connectivity index is 1.73. The molecule has 3 aromatic rings.